The third-order valence-electron chi connectivity index (χ3n) is 4.29. The SMILES string of the molecule is N#CC1CNCCN1CC(=O)N1CCCC1c1cccs1. The van der Waals surface area contributed by atoms with Crippen LogP contribution in [0.25, 0.3) is 0 Å². The van der Waals surface area contributed by atoms with Gasteiger partial charge in [-0.25, -0.2) is 0 Å². The maximum absolute atomic E-state index is 12.6. The molecule has 2 atom stereocenters. The van der Waals surface area contributed by atoms with E-state index >= 15 is 0 Å². The monoisotopic (exact) mass is 304 g/mol. The Balaban J connectivity index is 1.66. The number of hydrogen-bond acceptors (Lipinski definition) is 5. The Kier molecular flexibility index (Phi) is 4.54. The Bertz CT molecular complexity index is 524. The first-order valence-corrected chi connectivity index (χ1v) is 8.35. The first-order chi connectivity index (χ1) is 10.3. The summed E-state index contributed by atoms with van der Waals surface area (Å²) in [5, 5.41) is 14.5. The van der Waals surface area contributed by atoms with E-state index in [-0.39, 0.29) is 18.0 Å². The second-order valence-corrected chi connectivity index (χ2v) is 6.56. The lowest BCUT2D eigenvalue weighted by Crippen LogP contribution is -2.53. The molecule has 0 aromatic carbocycles. The maximum Gasteiger partial charge on any atom is 0.237 e. The molecule has 2 aliphatic heterocycles. The van der Waals surface area contributed by atoms with Crippen LogP contribution in [0.3, 0.4) is 0 Å². The molecule has 1 amide bonds. The highest BCUT2D eigenvalue weighted by Crippen LogP contribution is 2.34. The summed E-state index contributed by atoms with van der Waals surface area (Å²) >= 11 is 1.72. The minimum absolute atomic E-state index is 0.160. The quantitative estimate of drug-likeness (QED) is 0.912. The molecule has 2 saturated heterocycles. The Hall–Kier alpha value is -1.42. The number of piperazine rings is 1. The van der Waals surface area contributed by atoms with Gasteiger partial charge in [-0.05, 0) is 24.3 Å². The molecule has 1 N–H and O–H groups in total. The van der Waals surface area contributed by atoms with Crippen molar-refractivity contribution >= 4 is 17.2 Å². The van der Waals surface area contributed by atoms with Gasteiger partial charge in [-0.1, -0.05) is 6.07 Å². The molecule has 0 radical (unpaired) electrons. The second kappa shape index (κ2) is 6.56. The fourth-order valence-corrected chi connectivity index (χ4v) is 4.04. The maximum atomic E-state index is 12.6. The van der Waals surface area contributed by atoms with E-state index in [2.05, 4.69) is 22.8 Å². The molecule has 2 fully saturated rings. The molecule has 2 unspecified atom stereocenters. The summed E-state index contributed by atoms with van der Waals surface area (Å²) in [6, 6.07) is 6.49. The zero-order valence-electron chi connectivity index (χ0n) is 12.0. The van der Waals surface area contributed by atoms with Crippen molar-refractivity contribution in [2.75, 3.05) is 32.7 Å². The lowest BCUT2D eigenvalue weighted by atomic mass is 10.1. The van der Waals surface area contributed by atoms with E-state index < -0.39 is 0 Å². The number of nitriles is 1. The lowest BCUT2D eigenvalue weighted by molar-refractivity contribution is -0.133. The summed E-state index contributed by atoms with van der Waals surface area (Å²) in [5.41, 5.74) is 0. The lowest BCUT2D eigenvalue weighted by Gasteiger charge is -2.33. The van der Waals surface area contributed by atoms with Crippen molar-refractivity contribution in [1.29, 1.82) is 5.26 Å². The van der Waals surface area contributed by atoms with E-state index in [4.69, 9.17) is 0 Å². The molecule has 0 bridgehead atoms. The molecule has 2 aliphatic rings. The fourth-order valence-electron chi connectivity index (χ4n) is 3.17. The van der Waals surface area contributed by atoms with E-state index in [0.29, 0.717) is 13.1 Å². The third-order valence-corrected chi connectivity index (χ3v) is 5.26. The first kappa shape index (κ1) is 14.5. The summed E-state index contributed by atoms with van der Waals surface area (Å²) in [7, 11) is 0. The number of likely N-dealkylation sites (tertiary alicyclic amines) is 1. The van der Waals surface area contributed by atoms with Crippen molar-refractivity contribution in [3.63, 3.8) is 0 Å². The topological polar surface area (TPSA) is 59.4 Å². The molecule has 3 rings (SSSR count). The largest absolute Gasteiger partial charge is 0.334 e. The molecule has 3 heterocycles. The van der Waals surface area contributed by atoms with Gasteiger partial charge in [0, 0.05) is 31.1 Å². The summed E-state index contributed by atoms with van der Waals surface area (Å²) in [4.78, 5) is 17.9. The Morgan fingerprint density at radius 1 is 1.52 bits per heavy atom. The summed E-state index contributed by atoms with van der Waals surface area (Å²) in [6.45, 7) is 3.46. The van der Waals surface area contributed by atoms with Crippen LogP contribution in [0.2, 0.25) is 0 Å². The highest BCUT2D eigenvalue weighted by atomic mass is 32.1. The summed E-state index contributed by atoms with van der Waals surface area (Å²) < 4.78 is 0. The Morgan fingerprint density at radius 3 is 3.19 bits per heavy atom. The molecule has 0 aliphatic carbocycles. The van der Waals surface area contributed by atoms with E-state index in [1.54, 1.807) is 11.3 Å². The highest BCUT2D eigenvalue weighted by Gasteiger charge is 2.33. The molecule has 0 spiro atoms. The van der Waals surface area contributed by atoms with Crippen molar-refractivity contribution in [3.05, 3.63) is 22.4 Å². The average Bonchev–Trinajstić information content (AvgIpc) is 3.18. The Morgan fingerprint density at radius 2 is 2.43 bits per heavy atom. The van der Waals surface area contributed by atoms with Crippen LogP contribution in [0.4, 0.5) is 0 Å². The zero-order chi connectivity index (χ0) is 14.7. The number of thiophene rings is 1. The van der Waals surface area contributed by atoms with Crippen LogP contribution >= 0.6 is 11.3 Å². The van der Waals surface area contributed by atoms with E-state index in [1.165, 1.54) is 4.88 Å². The molecule has 5 nitrogen and oxygen atoms in total. The first-order valence-electron chi connectivity index (χ1n) is 7.47. The number of nitrogens with zero attached hydrogens (tertiary/aromatic N) is 3. The zero-order valence-corrected chi connectivity index (χ0v) is 12.8. The van der Waals surface area contributed by atoms with Gasteiger partial charge < -0.3 is 10.2 Å². The van der Waals surface area contributed by atoms with Crippen molar-refractivity contribution in [2.45, 2.75) is 24.9 Å². The van der Waals surface area contributed by atoms with Crippen molar-refractivity contribution in [3.8, 4) is 6.07 Å². The van der Waals surface area contributed by atoms with E-state index in [0.717, 1.165) is 32.5 Å². The fraction of sp³-hybridized carbons (Fsp3) is 0.600. The number of carbonyl (C=O) groups is 1. The van der Waals surface area contributed by atoms with E-state index in [9.17, 15) is 10.1 Å². The van der Waals surface area contributed by atoms with Gasteiger partial charge in [-0.2, -0.15) is 5.26 Å². The van der Waals surface area contributed by atoms with Crippen molar-refractivity contribution in [2.24, 2.45) is 0 Å². The standard InChI is InChI=1S/C15H20N4OS/c16-9-12-10-17-5-7-18(12)11-15(20)19-6-1-3-13(19)14-4-2-8-21-14/h2,4,8,12-13,17H,1,3,5-7,10-11H2. The predicted molar refractivity (Wildman–Crippen MR) is 81.9 cm³/mol. The normalized spacial score (nSPS) is 26.7. The van der Waals surface area contributed by atoms with Crippen LogP contribution in [-0.4, -0.2) is 54.5 Å². The van der Waals surface area contributed by atoms with Crippen LogP contribution in [0, 0.1) is 11.3 Å². The summed E-state index contributed by atoms with van der Waals surface area (Å²) in [6.07, 6.45) is 2.12. The number of amides is 1. The number of rotatable bonds is 3. The molecule has 21 heavy (non-hydrogen) atoms. The number of hydrogen-bond donors (Lipinski definition) is 1. The molecule has 1 aromatic rings. The third kappa shape index (κ3) is 3.10. The van der Waals surface area contributed by atoms with Gasteiger partial charge in [0.2, 0.25) is 5.91 Å². The molecule has 0 saturated carbocycles. The number of nitrogens with one attached hydrogen (secondary N) is 1. The minimum atomic E-state index is -0.189. The molecule has 112 valence electrons. The highest BCUT2D eigenvalue weighted by molar-refractivity contribution is 7.10. The molecule has 1 aromatic heterocycles. The molecule has 6 heteroatoms. The van der Waals surface area contributed by atoms with Crippen LogP contribution in [-0.2, 0) is 4.79 Å². The van der Waals surface area contributed by atoms with Crippen LogP contribution in [0.1, 0.15) is 23.8 Å². The minimum Gasteiger partial charge on any atom is -0.334 e. The van der Waals surface area contributed by atoms with Gasteiger partial charge in [-0.3, -0.25) is 9.69 Å². The van der Waals surface area contributed by atoms with Gasteiger partial charge in [0.25, 0.3) is 0 Å². The van der Waals surface area contributed by atoms with Crippen molar-refractivity contribution in [1.82, 2.24) is 15.1 Å². The molecular formula is C15H20N4OS. The van der Waals surface area contributed by atoms with Crippen LogP contribution in [0.15, 0.2) is 17.5 Å². The van der Waals surface area contributed by atoms with Gasteiger partial charge in [0.15, 0.2) is 0 Å². The summed E-state index contributed by atoms with van der Waals surface area (Å²) in [5.74, 6) is 0.160. The Labute approximate surface area is 129 Å². The average molecular weight is 304 g/mol. The smallest absolute Gasteiger partial charge is 0.237 e. The second-order valence-electron chi connectivity index (χ2n) is 5.58. The van der Waals surface area contributed by atoms with Gasteiger partial charge in [0.05, 0.1) is 18.7 Å². The number of carbonyl (C=O) groups excluding carboxylic acids is 1. The van der Waals surface area contributed by atoms with E-state index in [1.807, 2.05) is 15.9 Å². The molecular weight excluding hydrogens is 284 g/mol. The van der Waals surface area contributed by atoms with Crippen LogP contribution in [0.5, 0.6) is 0 Å². The van der Waals surface area contributed by atoms with Crippen LogP contribution < -0.4 is 5.32 Å². The van der Waals surface area contributed by atoms with Crippen molar-refractivity contribution < 1.29 is 4.79 Å². The van der Waals surface area contributed by atoms with Gasteiger partial charge in [-0.15, -0.1) is 11.3 Å². The van der Waals surface area contributed by atoms with Gasteiger partial charge in [0.1, 0.15) is 6.04 Å². The van der Waals surface area contributed by atoms with Gasteiger partial charge >= 0.3 is 0 Å². The predicted octanol–water partition coefficient (Wildman–Crippen LogP) is 1.21.